The number of rotatable bonds is 0. The summed E-state index contributed by atoms with van der Waals surface area (Å²) < 4.78 is 0. The summed E-state index contributed by atoms with van der Waals surface area (Å²) in [7, 11) is 0. The zero-order valence-electron chi connectivity index (χ0n) is 11.0. The van der Waals surface area contributed by atoms with E-state index in [4.69, 9.17) is 0 Å². The second-order valence-electron chi connectivity index (χ2n) is 6.24. The Morgan fingerprint density at radius 2 is 2.05 bits per heavy atom. The molecule has 1 saturated carbocycles. The molecule has 3 heteroatoms. The minimum atomic E-state index is -0.544. The number of fused-ring (bicyclic) bond motifs is 5. The van der Waals surface area contributed by atoms with Crippen molar-refractivity contribution in [2.45, 2.75) is 43.7 Å². The van der Waals surface area contributed by atoms with Crippen molar-refractivity contribution in [1.29, 1.82) is 0 Å². The largest absolute Gasteiger partial charge is 0.389 e. The lowest BCUT2D eigenvalue weighted by molar-refractivity contribution is -0.111. The lowest BCUT2D eigenvalue weighted by Gasteiger charge is -2.50. The van der Waals surface area contributed by atoms with Gasteiger partial charge in [0.1, 0.15) is 0 Å². The van der Waals surface area contributed by atoms with Crippen molar-refractivity contribution < 1.29 is 9.90 Å². The van der Waals surface area contributed by atoms with Crippen LogP contribution >= 0.6 is 0 Å². The molecule has 3 atom stereocenters. The van der Waals surface area contributed by atoms with Crippen LogP contribution in [0, 0.1) is 5.92 Å². The van der Waals surface area contributed by atoms with Gasteiger partial charge < -0.3 is 10.0 Å². The quantitative estimate of drug-likeness (QED) is 0.775. The maximum Gasteiger partial charge on any atom is 0.254 e. The first-order chi connectivity index (χ1) is 9.21. The van der Waals surface area contributed by atoms with E-state index in [0.717, 1.165) is 36.8 Å². The van der Waals surface area contributed by atoms with Crippen molar-refractivity contribution in [3.8, 4) is 0 Å². The number of carbonyl (C=O) groups is 1. The molecule has 1 saturated heterocycles. The molecule has 0 unspecified atom stereocenters. The Balaban J connectivity index is 1.82. The highest BCUT2D eigenvalue weighted by Crippen LogP contribution is 2.52. The Morgan fingerprint density at radius 1 is 1.21 bits per heavy atom. The Kier molecular flexibility index (Phi) is 2.31. The van der Waals surface area contributed by atoms with Gasteiger partial charge in [-0.15, -0.1) is 0 Å². The molecule has 2 aliphatic heterocycles. The molecule has 2 fully saturated rings. The van der Waals surface area contributed by atoms with Gasteiger partial charge >= 0.3 is 0 Å². The second kappa shape index (κ2) is 3.83. The number of nitrogens with zero attached hydrogens (tertiary/aromatic N) is 1. The normalized spacial score (nSPS) is 36.7. The topological polar surface area (TPSA) is 40.5 Å². The van der Waals surface area contributed by atoms with Gasteiger partial charge in [0, 0.05) is 18.0 Å². The van der Waals surface area contributed by atoms with E-state index in [0.29, 0.717) is 6.54 Å². The van der Waals surface area contributed by atoms with Gasteiger partial charge in [0.2, 0.25) is 0 Å². The lowest BCUT2D eigenvalue weighted by Crippen LogP contribution is -2.54. The summed E-state index contributed by atoms with van der Waals surface area (Å²) in [5.74, 6) is 0.385. The van der Waals surface area contributed by atoms with Crippen molar-refractivity contribution >= 4 is 5.91 Å². The van der Waals surface area contributed by atoms with Crippen LogP contribution in [0.3, 0.4) is 0 Å². The summed E-state index contributed by atoms with van der Waals surface area (Å²) in [6, 6.07) is 8.05. The molecule has 3 aliphatic rings. The molecule has 19 heavy (non-hydrogen) atoms. The molecule has 100 valence electrons. The number of benzene rings is 1. The van der Waals surface area contributed by atoms with Crippen LogP contribution in [0.15, 0.2) is 24.3 Å². The minimum Gasteiger partial charge on any atom is -0.389 e. The van der Waals surface area contributed by atoms with Gasteiger partial charge in [0.25, 0.3) is 5.91 Å². The molecule has 0 radical (unpaired) electrons. The zero-order chi connectivity index (χ0) is 13.0. The van der Waals surface area contributed by atoms with E-state index in [2.05, 4.69) is 6.07 Å². The molecule has 2 heterocycles. The van der Waals surface area contributed by atoms with Gasteiger partial charge in [0.05, 0.1) is 11.6 Å². The van der Waals surface area contributed by atoms with Crippen LogP contribution in [-0.4, -0.2) is 28.1 Å². The minimum absolute atomic E-state index is 0.114. The van der Waals surface area contributed by atoms with E-state index in [9.17, 15) is 9.90 Å². The van der Waals surface area contributed by atoms with Crippen LogP contribution < -0.4 is 0 Å². The fraction of sp³-hybridized carbons (Fsp3) is 0.562. The molecular formula is C16H19NO2. The van der Waals surface area contributed by atoms with E-state index < -0.39 is 5.60 Å². The number of piperidine rings is 1. The SMILES string of the molecule is O=C1c2ccccc2[C@@H]2[C@@H]3CCCC[C@]3(O)CCN12. The number of hydrogen-bond donors (Lipinski definition) is 1. The fourth-order valence-electron chi connectivity index (χ4n) is 4.40. The number of amides is 1. The Hall–Kier alpha value is -1.35. The highest BCUT2D eigenvalue weighted by molar-refractivity contribution is 5.99. The van der Waals surface area contributed by atoms with E-state index in [-0.39, 0.29) is 17.9 Å². The van der Waals surface area contributed by atoms with E-state index >= 15 is 0 Å². The van der Waals surface area contributed by atoms with Crippen molar-refractivity contribution in [2.24, 2.45) is 5.92 Å². The molecule has 1 aromatic rings. The number of hydrogen-bond acceptors (Lipinski definition) is 2. The Labute approximate surface area is 113 Å². The van der Waals surface area contributed by atoms with Crippen molar-refractivity contribution in [1.82, 2.24) is 4.90 Å². The highest BCUT2D eigenvalue weighted by atomic mass is 16.3. The van der Waals surface area contributed by atoms with Crippen LogP contribution in [0.1, 0.15) is 54.1 Å². The van der Waals surface area contributed by atoms with E-state index in [1.807, 2.05) is 23.1 Å². The standard InChI is InChI=1S/C16H19NO2/c18-15-12-6-2-1-5-11(12)14-13-7-3-4-8-16(13,19)9-10-17(14)15/h1-2,5-6,13-14,19H,3-4,7-10H2/t13-,14+,16-/m0/s1. The Bertz CT molecular complexity index is 541. The number of aliphatic hydroxyl groups is 1. The molecule has 1 aromatic carbocycles. The van der Waals surface area contributed by atoms with Gasteiger partial charge in [0.15, 0.2) is 0 Å². The van der Waals surface area contributed by atoms with Gasteiger partial charge in [-0.1, -0.05) is 31.0 Å². The molecular weight excluding hydrogens is 238 g/mol. The summed E-state index contributed by atoms with van der Waals surface area (Å²) in [4.78, 5) is 14.4. The summed E-state index contributed by atoms with van der Waals surface area (Å²) in [5, 5.41) is 10.9. The first kappa shape index (κ1) is 11.5. The third-order valence-electron chi connectivity index (χ3n) is 5.34. The van der Waals surface area contributed by atoms with Crippen LogP contribution in [0.4, 0.5) is 0 Å². The van der Waals surface area contributed by atoms with Crippen LogP contribution in [-0.2, 0) is 0 Å². The molecule has 0 bridgehead atoms. The molecule has 0 spiro atoms. The third-order valence-corrected chi connectivity index (χ3v) is 5.34. The predicted octanol–water partition coefficient (Wildman–Crippen LogP) is 2.51. The summed E-state index contributed by atoms with van der Waals surface area (Å²) in [6.45, 7) is 0.700. The molecule has 1 N–H and O–H groups in total. The summed E-state index contributed by atoms with van der Waals surface area (Å²) in [6.07, 6.45) is 4.98. The molecule has 1 aliphatic carbocycles. The maximum absolute atomic E-state index is 12.5. The van der Waals surface area contributed by atoms with Crippen LogP contribution in [0.25, 0.3) is 0 Å². The van der Waals surface area contributed by atoms with E-state index in [1.54, 1.807) is 0 Å². The third kappa shape index (κ3) is 1.45. The van der Waals surface area contributed by atoms with Gasteiger partial charge in [-0.3, -0.25) is 4.79 Å². The Morgan fingerprint density at radius 3 is 2.95 bits per heavy atom. The van der Waals surface area contributed by atoms with Crippen LogP contribution in [0.5, 0.6) is 0 Å². The molecule has 1 amide bonds. The zero-order valence-corrected chi connectivity index (χ0v) is 11.0. The van der Waals surface area contributed by atoms with Gasteiger partial charge in [-0.25, -0.2) is 0 Å². The summed E-state index contributed by atoms with van der Waals surface area (Å²) in [5.41, 5.74) is 1.44. The highest BCUT2D eigenvalue weighted by Gasteiger charge is 2.53. The summed E-state index contributed by atoms with van der Waals surface area (Å²) >= 11 is 0. The van der Waals surface area contributed by atoms with Crippen LogP contribution in [0.2, 0.25) is 0 Å². The first-order valence-electron chi connectivity index (χ1n) is 7.33. The molecule has 4 rings (SSSR count). The van der Waals surface area contributed by atoms with Crippen molar-refractivity contribution in [3.05, 3.63) is 35.4 Å². The second-order valence-corrected chi connectivity index (χ2v) is 6.24. The monoisotopic (exact) mass is 257 g/mol. The number of carbonyl (C=O) groups excluding carboxylic acids is 1. The maximum atomic E-state index is 12.5. The average molecular weight is 257 g/mol. The van der Waals surface area contributed by atoms with E-state index in [1.165, 1.54) is 6.42 Å². The fourth-order valence-corrected chi connectivity index (χ4v) is 4.40. The average Bonchev–Trinajstić information content (AvgIpc) is 2.72. The first-order valence-corrected chi connectivity index (χ1v) is 7.33. The predicted molar refractivity (Wildman–Crippen MR) is 71.7 cm³/mol. The van der Waals surface area contributed by atoms with Gasteiger partial charge in [-0.05, 0) is 30.9 Å². The lowest BCUT2D eigenvalue weighted by atomic mass is 9.67. The van der Waals surface area contributed by atoms with Crippen molar-refractivity contribution in [2.75, 3.05) is 6.54 Å². The molecule has 0 aromatic heterocycles. The smallest absolute Gasteiger partial charge is 0.254 e. The molecule has 3 nitrogen and oxygen atoms in total. The van der Waals surface area contributed by atoms with Crippen molar-refractivity contribution in [3.63, 3.8) is 0 Å². The van der Waals surface area contributed by atoms with Gasteiger partial charge in [-0.2, -0.15) is 0 Å².